The van der Waals surface area contributed by atoms with Gasteiger partial charge in [0.2, 0.25) is 10.0 Å². The van der Waals surface area contributed by atoms with Crippen molar-refractivity contribution in [2.75, 3.05) is 11.9 Å². The van der Waals surface area contributed by atoms with Gasteiger partial charge in [-0.1, -0.05) is 39.0 Å². The Morgan fingerprint density at radius 1 is 1.20 bits per heavy atom. The molecular weight excluding hydrogens is 340 g/mol. The summed E-state index contributed by atoms with van der Waals surface area (Å²) in [5.74, 6) is -1.13. The third kappa shape index (κ3) is 5.71. The Labute approximate surface area is 150 Å². The Morgan fingerprint density at radius 2 is 1.92 bits per heavy atom. The fourth-order valence-corrected chi connectivity index (χ4v) is 4.46. The minimum absolute atomic E-state index is 0.00887. The van der Waals surface area contributed by atoms with Gasteiger partial charge in [-0.3, -0.25) is 0 Å². The molecule has 0 atom stereocenters. The molecule has 1 aliphatic carbocycles. The number of anilines is 1. The van der Waals surface area contributed by atoms with E-state index in [4.69, 9.17) is 0 Å². The molecule has 3 N–H and O–H groups in total. The maximum Gasteiger partial charge on any atom is 0.337 e. The molecule has 0 spiro atoms. The van der Waals surface area contributed by atoms with Crippen molar-refractivity contribution in [2.45, 2.75) is 69.2 Å². The second-order valence-electron chi connectivity index (χ2n) is 6.60. The maximum absolute atomic E-state index is 12.6. The normalized spacial score (nSPS) is 15.9. The number of carboxylic acid groups (broad SMARTS) is 1. The van der Waals surface area contributed by atoms with E-state index in [0.29, 0.717) is 12.2 Å². The van der Waals surface area contributed by atoms with Crippen molar-refractivity contribution in [1.29, 1.82) is 0 Å². The van der Waals surface area contributed by atoms with E-state index in [-0.39, 0.29) is 16.5 Å². The summed E-state index contributed by atoms with van der Waals surface area (Å²) in [6.45, 7) is 2.77. The van der Waals surface area contributed by atoms with Crippen LogP contribution in [0.15, 0.2) is 23.1 Å². The molecule has 25 heavy (non-hydrogen) atoms. The van der Waals surface area contributed by atoms with Crippen LogP contribution in [0.5, 0.6) is 0 Å². The molecule has 1 aliphatic rings. The van der Waals surface area contributed by atoms with E-state index in [1.54, 1.807) is 6.07 Å². The summed E-state index contributed by atoms with van der Waals surface area (Å²) >= 11 is 0. The highest BCUT2D eigenvalue weighted by Gasteiger charge is 2.23. The second-order valence-corrected chi connectivity index (χ2v) is 8.32. The van der Waals surface area contributed by atoms with Crippen LogP contribution in [-0.2, 0) is 10.0 Å². The summed E-state index contributed by atoms with van der Waals surface area (Å²) in [5.41, 5.74) is 0.447. The molecule has 0 unspecified atom stereocenters. The molecule has 1 aromatic carbocycles. The van der Waals surface area contributed by atoms with E-state index in [0.717, 1.165) is 51.4 Å². The summed E-state index contributed by atoms with van der Waals surface area (Å²) in [7, 11) is -3.70. The van der Waals surface area contributed by atoms with Gasteiger partial charge in [-0.25, -0.2) is 17.9 Å². The molecule has 7 heteroatoms. The van der Waals surface area contributed by atoms with Gasteiger partial charge < -0.3 is 10.4 Å². The minimum atomic E-state index is -3.70. The number of carboxylic acids is 1. The average Bonchev–Trinajstić information content (AvgIpc) is 2.59. The summed E-state index contributed by atoms with van der Waals surface area (Å²) in [6, 6.07) is 4.21. The summed E-state index contributed by atoms with van der Waals surface area (Å²) < 4.78 is 27.8. The van der Waals surface area contributed by atoms with Crippen LogP contribution in [-0.4, -0.2) is 32.1 Å². The van der Waals surface area contributed by atoms with Crippen LogP contribution in [0.1, 0.15) is 68.6 Å². The number of hydrogen-bond donors (Lipinski definition) is 3. The number of carbonyl (C=O) groups is 1. The average molecular weight is 368 g/mol. The molecular formula is C18H28N2O4S. The molecule has 1 saturated carbocycles. The molecule has 0 bridgehead atoms. The highest BCUT2D eigenvalue weighted by Crippen LogP contribution is 2.23. The van der Waals surface area contributed by atoms with Gasteiger partial charge in [0.05, 0.1) is 10.5 Å². The molecule has 1 aromatic rings. The van der Waals surface area contributed by atoms with E-state index < -0.39 is 16.0 Å². The Morgan fingerprint density at radius 3 is 2.56 bits per heavy atom. The van der Waals surface area contributed by atoms with E-state index >= 15 is 0 Å². The first-order valence-electron chi connectivity index (χ1n) is 9.07. The Hall–Kier alpha value is -1.60. The zero-order chi connectivity index (χ0) is 18.3. The van der Waals surface area contributed by atoms with Gasteiger partial charge in [-0.2, -0.15) is 0 Å². The number of unbranched alkanes of at least 4 members (excludes halogenated alkanes) is 2. The van der Waals surface area contributed by atoms with Gasteiger partial charge in [0.1, 0.15) is 0 Å². The highest BCUT2D eigenvalue weighted by molar-refractivity contribution is 7.89. The summed E-state index contributed by atoms with van der Waals surface area (Å²) in [6.07, 6.45) is 7.94. The Kier molecular flexibility index (Phi) is 7.25. The Balaban J connectivity index is 2.14. The third-order valence-corrected chi connectivity index (χ3v) is 6.07. The minimum Gasteiger partial charge on any atom is -0.478 e. The van der Waals surface area contributed by atoms with Gasteiger partial charge in [-0.05, 0) is 37.5 Å². The van der Waals surface area contributed by atoms with E-state index in [1.165, 1.54) is 12.1 Å². The summed E-state index contributed by atoms with van der Waals surface area (Å²) in [4.78, 5) is 11.5. The lowest BCUT2D eigenvalue weighted by atomic mass is 9.96. The molecule has 2 rings (SSSR count). The lowest BCUT2D eigenvalue weighted by Crippen LogP contribution is -2.36. The van der Waals surface area contributed by atoms with Crippen molar-refractivity contribution >= 4 is 21.7 Å². The van der Waals surface area contributed by atoms with Gasteiger partial charge in [-0.15, -0.1) is 0 Å². The van der Waals surface area contributed by atoms with Crippen molar-refractivity contribution in [2.24, 2.45) is 0 Å². The first-order valence-corrected chi connectivity index (χ1v) is 10.6. The SMILES string of the molecule is CCCCCNc1ccc(S(=O)(=O)NC2CCCCC2)cc1C(=O)O. The monoisotopic (exact) mass is 368 g/mol. The maximum atomic E-state index is 12.6. The Bertz CT molecular complexity index is 682. The lowest BCUT2D eigenvalue weighted by molar-refractivity contribution is 0.0697. The van der Waals surface area contributed by atoms with E-state index in [2.05, 4.69) is 17.0 Å². The summed E-state index contributed by atoms with van der Waals surface area (Å²) in [5, 5.41) is 12.5. The standard InChI is InChI=1S/C18H28N2O4S/c1-2-3-7-12-19-17-11-10-15(13-16(17)18(21)22)25(23,24)20-14-8-5-4-6-9-14/h10-11,13-14,19-20H,2-9,12H2,1H3,(H,21,22). The number of benzene rings is 1. The fraction of sp³-hybridized carbons (Fsp3) is 0.611. The van der Waals surface area contributed by atoms with Crippen molar-refractivity contribution < 1.29 is 18.3 Å². The van der Waals surface area contributed by atoms with Crippen molar-refractivity contribution in [1.82, 2.24) is 4.72 Å². The molecule has 6 nitrogen and oxygen atoms in total. The van der Waals surface area contributed by atoms with Crippen LogP contribution in [0, 0.1) is 0 Å². The molecule has 1 fully saturated rings. The predicted molar refractivity (Wildman–Crippen MR) is 98.6 cm³/mol. The quantitative estimate of drug-likeness (QED) is 0.579. The van der Waals surface area contributed by atoms with Crippen LogP contribution in [0.25, 0.3) is 0 Å². The molecule has 0 aromatic heterocycles. The van der Waals surface area contributed by atoms with Crippen molar-refractivity contribution in [3.8, 4) is 0 Å². The largest absolute Gasteiger partial charge is 0.478 e. The zero-order valence-electron chi connectivity index (χ0n) is 14.8. The zero-order valence-corrected chi connectivity index (χ0v) is 15.6. The second kappa shape index (κ2) is 9.20. The smallest absolute Gasteiger partial charge is 0.337 e. The van der Waals surface area contributed by atoms with Crippen LogP contribution in [0.3, 0.4) is 0 Å². The van der Waals surface area contributed by atoms with Crippen LogP contribution in [0.2, 0.25) is 0 Å². The number of hydrogen-bond acceptors (Lipinski definition) is 4. The van der Waals surface area contributed by atoms with Gasteiger partial charge >= 0.3 is 5.97 Å². The van der Waals surface area contributed by atoms with Gasteiger partial charge in [0, 0.05) is 18.3 Å². The first kappa shape index (κ1) is 19.7. The van der Waals surface area contributed by atoms with Crippen molar-refractivity contribution in [3.63, 3.8) is 0 Å². The van der Waals surface area contributed by atoms with E-state index in [1.807, 2.05) is 0 Å². The molecule has 0 heterocycles. The predicted octanol–water partition coefficient (Wildman–Crippen LogP) is 3.60. The molecule has 0 aliphatic heterocycles. The van der Waals surface area contributed by atoms with Gasteiger partial charge in [0.15, 0.2) is 0 Å². The third-order valence-electron chi connectivity index (χ3n) is 4.55. The number of sulfonamides is 1. The number of rotatable bonds is 9. The number of aromatic carboxylic acids is 1. The highest BCUT2D eigenvalue weighted by atomic mass is 32.2. The first-order chi connectivity index (χ1) is 11.9. The molecule has 0 radical (unpaired) electrons. The number of nitrogens with one attached hydrogen (secondary N) is 2. The van der Waals surface area contributed by atoms with Crippen LogP contribution < -0.4 is 10.0 Å². The lowest BCUT2D eigenvalue weighted by Gasteiger charge is -2.22. The molecule has 0 amide bonds. The van der Waals surface area contributed by atoms with Crippen LogP contribution in [0.4, 0.5) is 5.69 Å². The molecule has 0 saturated heterocycles. The van der Waals surface area contributed by atoms with Gasteiger partial charge in [0.25, 0.3) is 0 Å². The van der Waals surface area contributed by atoms with Crippen molar-refractivity contribution in [3.05, 3.63) is 23.8 Å². The molecule has 140 valence electrons. The van der Waals surface area contributed by atoms with E-state index in [9.17, 15) is 18.3 Å². The topological polar surface area (TPSA) is 95.5 Å². The fourth-order valence-electron chi connectivity index (χ4n) is 3.13. The van der Waals surface area contributed by atoms with Crippen LogP contribution >= 0.6 is 0 Å².